The maximum Gasteiger partial charge on any atom is 0.115 e. The Morgan fingerprint density at radius 2 is 1.93 bits per heavy atom. The molecule has 0 aromatic heterocycles. The smallest absolute Gasteiger partial charge is 0.115 e. The number of aliphatic hydroxyl groups is 1. The van der Waals surface area contributed by atoms with Crippen LogP contribution in [0.1, 0.15) is 31.2 Å². The third-order valence-electron chi connectivity index (χ3n) is 2.98. The van der Waals surface area contributed by atoms with Crippen LogP contribution in [0, 0.1) is 0 Å². The minimum atomic E-state index is -0.520. The molecule has 14 heavy (non-hydrogen) atoms. The Balaban J connectivity index is 2.10. The molecule has 0 heterocycles. The molecule has 0 atom stereocenters. The van der Waals surface area contributed by atoms with Crippen molar-refractivity contribution in [2.24, 2.45) is 0 Å². The van der Waals surface area contributed by atoms with Gasteiger partial charge in [-0.25, -0.2) is 0 Å². The van der Waals surface area contributed by atoms with Crippen LogP contribution in [-0.2, 0) is 6.42 Å². The van der Waals surface area contributed by atoms with Crippen LogP contribution in [0.15, 0.2) is 24.3 Å². The van der Waals surface area contributed by atoms with Gasteiger partial charge in [0.2, 0.25) is 0 Å². The Labute approximate surface area is 84.2 Å². The van der Waals surface area contributed by atoms with Gasteiger partial charge in [-0.2, -0.15) is 0 Å². The summed E-state index contributed by atoms with van der Waals surface area (Å²) >= 11 is 0. The summed E-state index contributed by atoms with van der Waals surface area (Å²) in [6, 6.07) is 7.16. The summed E-state index contributed by atoms with van der Waals surface area (Å²) in [7, 11) is 0. The van der Waals surface area contributed by atoms with Crippen LogP contribution in [0.3, 0.4) is 0 Å². The first-order valence-corrected chi connectivity index (χ1v) is 5.18. The van der Waals surface area contributed by atoms with Crippen LogP contribution in [0.2, 0.25) is 0 Å². The van der Waals surface area contributed by atoms with Gasteiger partial charge >= 0.3 is 0 Å². The Hall–Kier alpha value is -1.02. The molecule has 1 aliphatic carbocycles. The molecule has 1 aromatic carbocycles. The predicted octanol–water partition coefficient (Wildman–Crippen LogP) is 2.24. The molecule has 1 fully saturated rings. The van der Waals surface area contributed by atoms with Gasteiger partial charge in [0.05, 0.1) is 5.60 Å². The molecule has 1 saturated carbocycles. The fourth-order valence-electron chi connectivity index (χ4n) is 2.26. The quantitative estimate of drug-likeness (QED) is 0.754. The zero-order valence-corrected chi connectivity index (χ0v) is 8.24. The maximum absolute atomic E-state index is 10.2. The second-order valence-electron chi connectivity index (χ2n) is 4.28. The fourth-order valence-corrected chi connectivity index (χ4v) is 2.26. The van der Waals surface area contributed by atoms with Crippen molar-refractivity contribution in [3.8, 4) is 5.75 Å². The van der Waals surface area contributed by atoms with E-state index in [4.69, 9.17) is 0 Å². The molecule has 0 bridgehead atoms. The molecule has 1 aromatic rings. The lowest BCUT2D eigenvalue weighted by atomic mass is 9.93. The van der Waals surface area contributed by atoms with Crippen LogP contribution in [0.25, 0.3) is 0 Å². The molecular formula is C12H16O2. The number of aromatic hydroxyl groups is 1. The van der Waals surface area contributed by atoms with E-state index in [-0.39, 0.29) is 5.75 Å². The van der Waals surface area contributed by atoms with Crippen molar-refractivity contribution in [1.82, 2.24) is 0 Å². The number of benzene rings is 1. The van der Waals surface area contributed by atoms with Crippen molar-refractivity contribution >= 4 is 0 Å². The zero-order valence-electron chi connectivity index (χ0n) is 8.24. The average molecular weight is 192 g/mol. The fraction of sp³-hybridized carbons (Fsp3) is 0.500. The lowest BCUT2D eigenvalue weighted by Crippen LogP contribution is -2.26. The van der Waals surface area contributed by atoms with Gasteiger partial charge in [0.25, 0.3) is 0 Å². The molecule has 0 amide bonds. The van der Waals surface area contributed by atoms with E-state index in [1.54, 1.807) is 12.1 Å². The summed E-state index contributed by atoms with van der Waals surface area (Å²) in [5.41, 5.74) is 0.503. The number of rotatable bonds is 2. The first-order valence-electron chi connectivity index (χ1n) is 5.18. The number of hydrogen-bond acceptors (Lipinski definition) is 2. The van der Waals surface area contributed by atoms with Gasteiger partial charge in [-0.3, -0.25) is 0 Å². The number of phenols is 1. The van der Waals surface area contributed by atoms with Gasteiger partial charge in [0.15, 0.2) is 0 Å². The SMILES string of the molecule is Oc1cccc(CC2(O)CCCC2)c1. The van der Waals surface area contributed by atoms with E-state index >= 15 is 0 Å². The first kappa shape index (κ1) is 9.53. The molecule has 2 N–H and O–H groups in total. The minimum Gasteiger partial charge on any atom is -0.508 e. The van der Waals surface area contributed by atoms with Crippen LogP contribution in [-0.4, -0.2) is 15.8 Å². The van der Waals surface area contributed by atoms with Crippen molar-refractivity contribution in [3.63, 3.8) is 0 Å². The van der Waals surface area contributed by atoms with Crippen LogP contribution in [0.5, 0.6) is 5.75 Å². The van der Waals surface area contributed by atoms with Crippen molar-refractivity contribution < 1.29 is 10.2 Å². The van der Waals surface area contributed by atoms with Crippen molar-refractivity contribution in [3.05, 3.63) is 29.8 Å². The van der Waals surface area contributed by atoms with Gasteiger partial charge in [-0.1, -0.05) is 25.0 Å². The lowest BCUT2D eigenvalue weighted by Gasteiger charge is -2.21. The molecule has 0 saturated heterocycles. The van der Waals surface area contributed by atoms with Crippen molar-refractivity contribution in [2.75, 3.05) is 0 Å². The van der Waals surface area contributed by atoms with Gasteiger partial charge in [0.1, 0.15) is 5.75 Å². The summed E-state index contributed by atoms with van der Waals surface area (Å²) in [6.45, 7) is 0. The normalized spacial score (nSPS) is 19.8. The highest BCUT2D eigenvalue weighted by Gasteiger charge is 2.30. The van der Waals surface area contributed by atoms with E-state index in [1.165, 1.54) is 0 Å². The largest absolute Gasteiger partial charge is 0.508 e. The molecule has 0 unspecified atom stereocenters. The van der Waals surface area contributed by atoms with E-state index in [1.807, 2.05) is 12.1 Å². The topological polar surface area (TPSA) is 40.5 Å². The minimum absolute atomic E-state index is 0.282. The second kappa shape index (κ2) is 3.62. The molecule has 76 valence electrons. The molecule has 0 radical (unpaired) electrons. The highest BCUT2D eigenvalue weighted by atomic mass is 16.3. The van der Waals surface area contributed by atoms with E-state index in [0.29, 0.717) is 6.42 Å². The van der Waals surface area contributed by atoms with E-state index in [9.17, 15) is 10.2 Å². The number of hydrogen-bond donors (Lipinski definition) is 2. The average Bonchev–Trinajstić information content (AvgIpc) is 2.51. The third-order valence-corrected chi connectivity index (χ3v) is 2.98. The van der Waals surface area contributed by atoms with Crippen LogP contribution in [0.4, 0.5) is 0 Å². The third kappa shape index (κ3) is 2.07. The number of phenolic OH excluding ortho intramolecular Hbond substituents is 1. The molecule has 2 rings (SSSR count). The molecule has 0 aliphatic heterocycles. The first-order chi connectivity index (χ1) is 6.68. The summed E-state index contributed by atoms with van der Waals surface area (Å²) in [4.78, 5) is 0. The highest BCUT2D eigenvalue weighted by Crippen LogP contribution is 2.32. The summed E-state index contributed by atoms with van der Waals surface area (Å²) in [5.74, 6) is 0.282. The maximum atomic E-state index is 10.2. The molecule has 2 heteroatoms. The predicted molar refractivity (Wildman–Crippen MR) is 55.2 cm³/mol. The molecular weight excluding hydrogens is 176 g/mol. The van der Waals surface area contributed by atoms with E-state index < -0.39 is 5.60 Å². The van der Waals surface area contributed by atoms with Gasteiger partial charge in [-0.15, -0.1) is 0 Å². The summed E-state index contributed by atoms with van der Waals surface area (Å²) < 4.78 is 0. The Bertz CT molecular complexity index is 314. The monoisotopic (exact) mass is 192 g/mol. The molecule has 1 aliphatic rings. The van der Waals surface area contributed by atoms with Crippen LogP contribution >= 0.6 is 0 Å². The zero-order chi connectivity index (χ0) is 10.0. The summed E-state index contributed by atoms with van der Waals surface area (Å²) in [5, 5.41) is 19.4. The highest BCUT2D eigenvalue weighted by molar-refractivity contribution is 5.28. The van der Waals surface area contributed by atoms with Gasteiger partial charge in [0, 0.05) is 6.42 Å². The van der Waals surface area contributed by atoms with Gasteiger partial charge in [-0.05, 0) is 30.5 Å². The summed E-state index contributed by atoms with van der Waals surface area (Å²) in [6.07, 6.45) is 4.69. The van der Waals surface area contributed by atoms with Crippen molar-refractivity contribution in [2.45, 2.75) is 37.7 Å². The molecule has 0 spiro atoms. The van der Waals surface area contributed by atoms with E-state index in [0.717, 1.165) is 31.2 Å². The Kier molecular flexibility index (Phi) is 2.46. The van der Waals surface area contributed by atoms with Crippen LogP contribution < -0.4 is 0 Å². The Morgan fingerprint density at radius 3 is 2.57 bits per heavy atom. The Morgan fingerprint density at radius 1 is 1.21 bits per heavy atom. The second-order valence-corrected chi connectivity index (χ2v) is 4.28. The van der Waals surface area contributed by atoms with E-state index in [2.05, 4.69) is 0 Å². The van der Waals surface area contributed by atoms with Crippen molar-refractivity contribution in [1.29, 1.82) is 0 Å². The molecule has 2 nitrogen and oxygen atoms in total. The lowest BCUT2D eigenvalue weighted by molar-refractivity contribution is 0.0481. The standard InChI is InChI=1S/C12H16O2/c13-11-5-3-4-10(8-11)9-12(14)6-1-2-7-12/h3-5,8,13-14H,1-2,6-7,9H2. The van der Waals surface area contributed by atoms with Gasteiger partial charge < -0.3 is 10.2 Å².